The minimum Gasteiger partial charge on any atom is -0.487 e. The van der Waals surface area contributed by atoms with Crippen molar-refractivity contribution in [2.45, 2.75) is 13.5 Å². The highest BCUT2D eigenvalue weighted by molar-refractivity contribution is 9.10. The minimum absolute atomic E-state index is 0.445. The van der Waals surface area contributed by atoms with Crippen LogP contribution in [0.25, 0.3) is 10.9 Å². The Morgan fingerprint density at radius 2 is 1.90 bits per heavy atom. The van der Waals surface area contributed by atoms with E-state index in [1.54, 1.807) is 0 Å². The van der Waals surface area contributed by atoms with Crippen molar-refractivity contribution in [3.8, 4) is 5.75 Å². The smallest absolute Gasteiger partial charge is 0.146 e. The molecule has 21 heavy (non-hydrogen) atoms. The summed E-state index contributed by atoms with van der Waals surface area (Å²) in [6, 6.07) is 15.8. The SMILES string of the molecule is Cc1ccc2cccc(OCc3cccc(N)c3Br)c2n1. The molecule has 0 atom stereocenters. The van der Waals surface area contributed by atoms with Gasteiger partial charge >= 0.3 is 0 Å². The fourth-order valence-corrected chi connectivity index (χ4v) is 2.58. The van der Waals surface area contributed by atoms with Crippen LogP contribution in [0.4, 0.5) is 5.69 Å². The first kappa shape index (κ1) is 13.9. The summed E-state index contributed by atoms with van der Waals surface area (Å²) in [6.07, 6.45) is 0. The van der Waals surface area contributed by atoms with Crippen LogP contribution in [0.5, 0.6) is 5.75 Å². The molecule has 0 radical (unpaired) electrons. The molecule has 0 unspecified atom stereocenters. The van der Waals surface area contributed by atoms with Crippen LogP contribution in [-0.4, -0.2) is 4.98 Å². The van der Waals surface area contributed by atoms with E-state index in [0.717, 1.165) is 32.4 Å². The Kier molecular flexibility index (Phi) is 3.80. The molecule has 0 saturated carbocycles. The highest BCUT2D eigenvalue weighted by Gasteiger charge is 2.07. The van der Waals surface area contributed by atoms with Gasteiger partial charge in [0.25, 0.3) is 0 Å². The summed E-state index contributed by atoms with van der Waals surface area (Å²) in [6.45, 7) is 2.42. The van der Waals surface area contributed by atoms with Gasteiger partial charge in [-0.25, -0.2) is 4.98 Å². The van der Waals surface area contributed by atoms with Crippen LogP contribution < -0.4 is 10.5 Å². The van der Waals surface area contributed by atoms with E-state index in [4.69, 9.17) is 10.5 Å². The van der Waals surface area contributed by atoms with E-state index in [0.29, 0.717) is 12.3 Å². The van der Waals surface area contributed by atoms with E-state index in [9.17, 15) is 0 Å². The summed E-state index contributed by atoms with van der Waals surface area (Å²) in [4.78, 5) is 4.57. The zero-order valence-corrected chi connectivity index (χ0v) is 13.2. The number of aromatic nitrogens is 1. The van der Waals surface area contributed by atoms with E-state index in [1.165, 1.54) is 0 Å². The molecule has 0 aliphatic heterocycles. The zero-order chi connectivity index (χ0) is 14.8. The van der Waals surface area contributed by atoms with Gasteiger partial charge in [0.2, 0.25) is 0 Å². The Morgan fingerprint density at radius 1 is 1.10 bits per heavy atom. The number of nitrogens with zero attached hydrogens (tertiary/aromatic N) is 1. The van der Waals surface area contributed by atoms with Crippen molar-refractivity contribution in [3.05, 3.63) is 64.3 Å². The average Bonchev–Trinajstić information content (AvgIpc) is 2.49. The second-order valence-corrected chi connectivity index (χ2v) is 5.68. The summed E-state index contributed by atoms with van der Waals surface area (Å²) < 4.78 is 6.83. The van der Waals surface area contributed by atoms with Crippen LogP contribution in [0.3, 0.4) is 0 Å². The average molecular weight is 343 g/mol. The second kappa shape index (κ2) is 5.74. The van der Waals surface area contributed by atoms with Crippen LogP contribution in [0.1, 0.15) is 11.3 Å². The second-order valence-electron chi connectivity index (χ2n) is 4.89. The monoisotopic (exact) mass is 342 g/mol. The lowest BCUT2D eigenvalue weighted by Crippen LogP contribution is -1.99. The molecule has 0 bridgehead atoms. The van der Waals surface area contributed by atoms with Gasteiger partial charge < -0.3 is 10.5 Å². The molecule has 3 aromatic rings. The van der Waals surface area contributed by atoms with Crippen LogP contribution in [0.2, 0.25) is 0 Å². The van der Waals surface area contributed by atoms with E-state index < -0.39 is 0 Å². The summed E-state index contributed by atoms with van der Waals surface area (Å²) in [7, 11) is 0. The van der Waals surface area contributed by atoms with Gasteiger partial charge in [0.1, 0.15) is 17.9 Å². The molecule has 0 saturated heterocycles. The molecule has 0 fully saturated rings. The molecule has 1 aromatic heterocycles. The topological polar surface area (TPSA) is 48.1 Å². The largest absolute Gasteiger partial charge is 0.487 e. The maximum absolute atomic E-state index is 5.95. The quantitative estimate of drug-likeness (QED) is 0.714. The molecule has 0 amide bonds. The molecule has 0 aliphatic rings. The van der Waals surface area contributed by atoms with Gasteiger partial charge in [0.05, 0.1) is 0 Å². The normalized spacial score (nSPS) is 10.8. The Morgan fingerprint density at radius 3 is 2.76 bits per heavy atom. The van der Waals surface area contributed by atoms with Crippen molar-refractivity contribution in [3.63, 3.8) is 0 Å². The van der Waals surface area contributed by atoms with Gasteiger partial charge in [-0.05, 0) is 41.1 Å². The number of aryl methyl sites for hydroxylation is 1. The number of hydrogen-bond donors (Lipinski definition) is 1. The molecule has 2 aromatic carbocycles. The number of pyridine rings is 1. The fourth-order valence-electron chi connectivity index (χ4n) is 2.20. The number of halogens is 1. The maximum Gasteiger partial charge on any atom is 0.146 e. The fraction of sp³-hybridized carbons (Fsp3) is 0.118. The number of hydrogen-bond acceptors (Lipinski definition) is 3. The predicted octanol–water partition coefficient (Wildman–Crippen LogP) is 4.47. The molecule has 3 nitrogen and oxygen atoms in total. The summed E-state index contributed by atoms with van der Waals surface area (Å²) >= 11 is 3.49. The Bertz CT molecular complexity index is 802. The highest BCUT2D eigenvalue weighted by Crippen LogP contribution is 2.28. The van der Waals surface area contributed by atoms with Gasteiger partial charge in [0, 0.05) is 26.8 Å². The Labute approximate surface area is 131 Å². The van der Waals surface area contributed by atoms with Gasteiger partial charge in [-0.1, -0.05) is 30.3 Å². The molecular formula is C17H15BrN2O. The van der Waals surface area contributed by atoms with E-state index >= 15 is 0 Å². The number of rotatable bonds is 3. The number of benzene rings is 2. The molecule has 0 aliphatic carbocycles. The van der Waals surface area contributed by atoms with Crippen molar-refractivity contribution >= 4 is 32.5 Å². The highest BCUT2D eigenvalue weighted by atomic mass is 79.9. The number of nitrogens with two attached hydrogens (primary N) is 1. The van der Waals surface area contributed by atoms with Crippen LogP contribution >= 0.6 is 15.9 Å². The number of para-hydroxylation sites is 1. The predicted molar refractivity (Wildman–Crippen MR) is 89.4 cm³/mol. The van der Waals surface area contributed by atoms with Gasteiger partial charge in [-0.2, -0.15) is 0 Å². The minimum atomic E-state index is 0.445. The lowest BCUT2D eigenvalue weighted by atomic mass is 10.2. The lowest BCUT2D eigenvalue weighted by Gasteiger charge is -2.11. The van der Waals surface area contributed by atoms with Crippen LogP contribution in [-0.2, 0) is 6.61 Å². The summed E-state index contributed by atoms with van der Waals surface area (Å²) in [5.41, 5.74) is 9.47. The van der Waals surface area contributed by atoms with E-state index in [1.807, 2.05) is 49.4 Å². The summed E-state index contributed by atoms with van der Waals surface area (Å²) in [5, 5.41) is 1.07. The number of nitrogen functional groups attached to an aromatic ring is 1. The third-order valence-corrected chi connectivity index (χ3v) is 4.28. The molecule has 4 heteroatoms. The van der Waals surface area contributed by atoms with Gasteiger partial charge in [-0.15, -0.1) is 0 Å². The van der Waals surface area contributed by atoms with Crippen molar-refractivity contribution in [2.24, 2.45) is 0 Å². The molecule has 2 N–H and O–H groups in total. The third-order valence-electron chi connectivity index (χ3n) is 3.31. The molecular weight excluding hydrogens is 328 g/mol. The molecule has 0 spiro atoms. The Balaban J connectivity index is 1.92. The Hall–Kier alpha value is -2.07. The summed E-state index contributed by atoms with van der Waals surface area (Å²) in [5.74, 6) is 0.783. The van der Waals surface area contributed by atoms with E-state index in [-0.39, 0.29) is 0 Å². The van der Waals surface area contributed by atoms with Crippen molar-refractivity contribution < 1.29 is 4.74 Å². The standard InChI is InChI=1S/C17H15BrN2O/c1-11-8-9-12-4-3-7-15(17(12)20-11)21-10-13-5-2-6-14(19)16(13)18/h2-9H,10,19H2,1H3. The van der Waals surface area contributed by atoms with Gasteiger partial charge in [0.15, 0.2) is 0 Å². The van der Waals surface area contributed by atoms with Crippen LogP contribution in [0.15, 0.2) is 53.0 Å². The first-order chi connectivity index (χ1) is 10.1. The molecule has 106 valence electrons. The molecule has 3 rings (SSSR count). The van der Waals surface area contributed by atoms with E-state index in [2.05, 4.69) is 27.0 Å². The number of anilines is 1. The van der Waals surface area contributed by atoms with Crippen LogP contribution in [0, 0.1) is 6.92 Å². The van der Waals surface area contributed by atoms with Crippen molar-refractivity contribution in [1.29, 1.82) is 0 Å². The number of ether oxygens (including phenoxy) is 1. The zero-order valence-electron chi connectivity index (χ0n) is 11.6. The third kappa shape index (κ3) is 2.85. The number of fused-ring (bicyclic) bond motifs is 1. The van der Waals surface area contributed by atoms with Crippen molar-refractivity contribution in [2.75, 3.05) is 5.73 Å². The van der Waals surface area contributed by atoms with Gasteiger partial charge in [-0.3, -0.25) is 0 Å². The maximum atomic E-state index is 5.95. The molecule has 1 heterocycles. The van der Waals surface area contributed by atoms with Crippen molar-refractivity contribution in [1.82, 2.24) is 4.98 Å². The first-order valence-electron chi connectivity index (χ1n) is 6.67. The lowest BCUT2D eigenvalue weighted by molar-refractivity contribution is 0.308. The first-order valence-corrected chi connectivity index (χ1v) is 7.46.